The van der Waals surface area contributed by atoms with Gasteiger partial charge in [0.25, 0.3) is 0 Å². The zero-order chi connectivity index (χ0) is 57.4. The van der Waals surface area contributed by atoms with Gasteiger partial charge in [0.05, 0.1) is 63.2 Å². The number of nitrogens with zero attached hydrogens (tertiary/aromatic N) is 7. The third-order valence-electron chi connectivity index (χ3n) is 14.3. The molecule has 6 aliphatic rings. The second kappa shape index (κ2) is 26.1. The Morgan fingerprint density at radius 1 is 0.646 bits per heavy atom. The molecule has 436 valence electrons. The number of hydrogen-bond donors (Lipinski definition) is 3. The van der Waals surface area contributed by atoms with Gasteiger partial charge < -0.3 is 49.3 Å². The molecule has 2 aromatic carbocycles. The fourth-order valence-corrected chi connectivity index (χ4v) is 10.8. The molecule has 4 bridgehead atoms. The number of halogens is 8. The average molecular weight is 1180 g/mol. The van der Waals surface area contributed by atoms with Crippen LogP contribution in [0.3, 0.4) is 0 Å². The lowest BCUT2D eigenvalue weighted by Crippen LogP contribution is -2.48. The van der Waals surface area contributed by atoms with E-state index in [1.165, 1.54) is 24.6 Å². The number of carbonyl (C=O) groups is 1. The fourth-order valence-electron chi connectivity index (χ4n) is 10.3. The van der Waals surface area contributed by atoms with E-state index in [1.807, 2.05) is 6.07 Å². The summed E-state index contributed by atoms with van der Waals surface area (Å²) in [5, 5.41) is 6.72. The van der Waals surface area contributed by atoms with Gasteiger partial charge in [-0.3, -0.25) is 10.2 Å². The first-order valence-electron chi connectivity index (χ1n) is 27.1. The molecule has 0 radical (unpaired) electrons. The molecule has 2 unspecified atom stereocenters. The first kappa shape index (κ1) is 58.3. The maximum atomic E-state index is 13.6. The molecule has 4 atom stereocenters. The van der Waals surface area contributed by atoms with Crippen LogP contribution in [0.4, 0.5) is 65.8 Å². The number of nitrogens with two attached hydrogens (primary N) is 1. The summed E-state index contributed by atoms with van der Waals surface area (Å²) >= 11 is 12.8. The second-order valence-corrected chi connectivity index (χ2v) is 20.9. The number of nitrogen functional groups attached to an aromatic ring is 1. The Morgan fingerprint density at radius 2 is 1.21 bits per heavy atom. The number of anilines is 6. The molecular weight excluding hydrogens is 1120 g/mol. The molecule has 0 spiro atoms. The van der Waals surface area contributed by atoms with Crippen molar-refractivity contribution in [1.82, 2.24) is 19.9 Å². The number of ether oxygens (including phenoxy) is 6. The summed E-state index contributed by atoms with van der Waals surface area (Å²) in [7, 11) is 0. The molecule has 0 saturated carbocycles. The van der Waals surface area contributed by atoms with Crippen molar-refractivity contribution in [3.05, 3.63) is 118 Å². The van der Waals surface area contributed by atoms with Crippen LogP contribution >= 0.6 is 23.2 Å². The van der Waals surface area contributed by atoms with Crippen molar-refractivity contribution in [3.63, 3.8) is 0 Å². The molecule has 25 heteroatoms. The normalized spacial score (nSPS) is 19.8. The number of benzene rings is 2. The van der Waals surface area contributed by atoms with Crippen LogP contribution in [0.1, 0.15) is 62.5 Å². The molecule has 6 aliphatic heterocycles. The van der Waals surface area contributed by atoms with Crippen LogP contribution in [-0.2, 0) is 31.3 Å². The van der Waals surface area contributed by atoms with Crippen LogP contribution in [0.5, 0.6) is 11.8 Å². The van der Waals surface area contributed by atoms with Crippen LogP contribution in [-0.4, -0.2) is 116 Å². The molecule has 10 heterocycles. The van der Waals surface area contributed by atoms with Crippen molar-refractivity contribution in [2.45, 2.75) is 88.4 Å². The predicted molar refractivity (Wildman–Crippen MR) is 299 cm³/mol. The van der Waals surface area contributed by atoms with Gasteiger partial charge in [-0.15, -0.1) is 0 Å². The van der Waals surface area contributed by atoms with Crippen molar-refractivity contribution in [2.24, 2.45) is 0 Å². The molecule has 0 aliphatic carbocycles. The van der Waals surface area contributed by atoms with Crippen LogP contribution in [0.2, 0.25) is 10.0 Å². The van der Waals surface area contributed by atoms with Gasteiger partial charge >= 0.3 is 18.4 Å². The van der Waals surface area contributed by atoms with Crippen LogP contribution in [0, 0.1) is 0 Å². The Bertz CT molecular complexity index is 3170. The number of rotatable bonds is 13. The van der Waals surface area contributed by atoms with Gasteiger partial charge in [-0.2, -0.15) is 36.3 Å². The third-order valence-corrected chi connectivity index (χ3v) is 14.8. The predicted octanol–water partition coefficient (Wildman–Crippen LogP) is 12.4. The summed E-state index contributed by atoms with van der Waals surface area (Å²) in [4.78, 5) is 37.0. The number of pyridine rings is 4. The largest absolute Gasteiger partial charge is 0.475 e. The topological polar surface area (TPSA) is 184 Å². The molecule has 2 amide bonds. The lowest BCUT2D eigenvalue weighted by molar-refractivity contribution is -0.165. The molecule has 6 aromatic rings. The number of aromatic nitrogens is 4. The van der Waals surface area contributed by atoms with Crippen molar-refractivity contribution in [1.29, 1.82) is 0 Å². The quantitative estimate of drug-likeness (QED) is 0.0732. The summed E-state index contributed by atoms with van der Waals surface area (Å²) in [6.07, 6.45) is -1.22. The van der Waals surface area contributed by atoms with Gasteiger partial charge in [0, 0.05) is 68.7 Å². The highest BCUT2D eigenvalue weighted by molar-refractivity contribution is 6.34. The zero-order valence-corrected chi connectivity index (χ0v) is 45.9. The summed E-state index contributed by atoms with van der Waals surface area (Å²) in [6.45, 7) is 6.18. The zero-order valence-electron chi connectivity index (χ0n) is 44.4. The lowest BCUT2D eigenvalue weighted by atomic mass is 10.1. The molecule has 4 saturated heterocycles. The Labute approximate surface area is 479 Å². The maximum absolute atomic E-state index is 13.6. The van der Waals surface area contributed by atoms with Crippen molar-refractivity contribution < 1.29 is 59.6 Å². The Kier molecular flexibility index (Phi) is 18.6. The number of urea groups is 1. The van der Waals surface area contributed by atoms with E-state index < -0.39 is 29.5 Å². The number of alkyl halides is 6. The molecule has 82 heavy (non-hydrogen) atoms. The minimum Gasteiger partial charge on any atom is -0.475 e. The van der Waals surface area contributed by atoms with Crippen LogP contribution in [0.25, 0.3) is 22.5 Å². The van der Waals surface area contributed by atoms with E-state index in [2.05, 4.69) is 40.4 Å². The van der Waals surface area contributed by atoms with E-state index in [4.69, 9.17) is 57.4 Å². The van der Waals surface area contributed by atoms with E-state index >= 15 is 0 Å². The molecular formula is C57H60Cl2F6N10O7. The van der Waals surface area contributed by atoms with Gasteiger partial charge in [0.15, 0.2) is 24.2 Å². The van der Waals surface area contributed by atoms with Crippen molar-refractivity contribution in [2.75, 3.05) is 96.9 Å². The Balaban J connectivity index is 0.000000157. The number of amides is 2. The summed E-state index contributed by atoms with van der Waals surface area (Å²) in [5.74, 6) is 2.60. The van der Waals surface area contributed by atoms with E-state index in [0.29, 0.717) is 103 Å². The maximum Gasteiger partial charge on any atom is 0.416 e. The molecule has 4 fully saturated rings. The monoisotopic (exact) mass is 1180 g/mol. The van der Waals surface area contributed by atoms with Crippen molar-refractivity contribution >= 4 is 63.9 Å². The van der Waals surface area contributed by atoms with Gasteiger partial charge in [-0.1, -0.05) is 59.6 Å². The van der Waals surface area contributed by atoms with Crippen LogP contribution < -0.4 is 40.5 Å². The number of hydrogen-bond acceptors (Lipinski definition) is 15. The summed E-state index contributed by atoms with van der Waals surface area (Å²) in [6, 6.07) is 23.4. The van der Waals surface area contributed by atoms with E-state index in [1.54, 1.807) is 53.4 Å². The molecule has 4 aromatic heterocycles. The third kappa shape index (κ3) is 14.6. The molecule has 12 rings (SSSR count). The van der Waals surface area contributed by atoms with Gasteiger partial charge in [0.1, 0.15) is 24.8 Å². The van der Waals surface area contributed by atoms with E-state index in [0.717, 1.165) is 88.2 Å². The standard InChI is InChI=1S/C29H29ClF3N5O4.C16H13ClF3N3.C12H18N2O3/c30-21-16-22-27(36-26(21)18-5-3-6-19(15-18)29(31,32)33)38(20-10-11-37(22)17-20)28(39)35-23-7-4-8-24(34-23)40-13-14-42-25-9-1-2-12-41-25;17-12-7-13-15(21-11-4-5-23(13)8-11)22-14(12)9-2-1-3-10(6-9)16(18,19)20;13-10-4-3-5-11(14-10)15-8-9-17-12-6-1-2-7-16-12/h3-8,15-16,20,25H,1-2,9-14,17H2,(H,34,35,39);1-3,6-7,11H,4-5,8H2,(H,21,22);3-5,12H,1-2,6-9H2,(H2,13,14)/t20-,25?;11-;/m00./s1. The first-order chi connectivity index (χ1) is 39.5. The lowest BCUT2D eigenvalue weighted by Gasteiger charge is -2.36. The molecule has 17 nitrogen and oxygen atoms in total. The number of fused-ring (bicyclic) bond motifs is 8. The van der Waals surface area contributed by atoms with Gasteiger partial charge in [-0.05, 0) is 99.9 Å². The molecule has 4 N–H and O–H groups in total. The second-order valence-electron chi connectivity index (χ2n) is 20.1. The average Bonchev–Trinajstić information content (AvgIpc) is 4.15. The highest BCUT2D eigenvalue weighted by atomic mass is 35.5. The summed E-state index contributed by atoms with van der Waals surface area (Å²) in [5.41, 5.74) is 6.68. The highest BCUT2D eigenvalue weighted by Crippen LogP contribution is 2.45. The highest BCUT2D eigenvalue weighted by Gasteiger charge is 2.42. The van der Waals surface area contributed by atoms with E-state index in [-0.39, 0.29) is 47.3 Å². The minimum atomic E-state index is -4.52. The van der Waals surface area contributed by atoms with Crippen molar-refractivity contribution in [3.8, 4) is 34.3 Å². The minimum absolute atomic E-state index is 0.0684. The smallest absolute Gasteiger partial charge is 0.416 e. The fraction of sp³-hybridized carbons (Fsp3) is 0.421. The number of nitrogens with one attached hydrogen (secondary N) is 2. The Hall–Kier alpha value is -6.89. The van der Waals surface area contributed by atoms with Gasteiger partial charge in [0.2, 0.25) is 11.8 Å². The SMILES string of the molecule is FC(F)(F)c1cccc(-c2nc3c(cc2Cl)N2CC[C@@H](C2)N3)c1.Nc1cccc(OCCOC2CCCCO2)n1.O=C(Nc1cccc(OCCOC2CCCCO2)n1)N1c2nc(-c3cccc(C(F)(F)F)c3)c(Cl)cc2N2CC[C@H]1C2. The first-order valence-corrected chi connectivity index (χ1v) is 27.8. The van der Waals surface area contributed by atoms with Crippen LogP contribution in [0.15, 0.2) is 97.1 Å². The van der Waals surface area contributed by atoms with E-state index in [9.17, 15) is 31.1 Å². The number of carbonyl (C=O) groups excluding carboxylic acids is 1. The summed E-state index contributed by atoms with van der Waals surface area (Å²) < 4.78 is 112. The van der Waals surface area contributed by atoms with Gasteiger partial charge in [-0.25, -0.2) is 14.8 Å². The Morgan fingerprint density at radius 3 is 1.80 bits per heavy atom.